The summed E-state index contributed by atoms with van der Waals surface area (Å²) >= 11 is 0. The fourth-order valence-electron chi connectivity index (χ4n) is 1.82. The van der Waals surface area contributed by atoms with E-state index in [1.54, 1.807) is 24.3 Å². The van der Waals surface area contributed by atoms with E-state index in [0.29, 0.717) is 5.56 Å². The molecule has 0 heterocycles. The lowest BCUT2D eigenvalue weighted by Gasteiger charge is -2.06. The Hall–Kier alpha value is -2.93. The van der Waals surface area contributed by atoms with Crippen LogP contribution in [0.25, 0.3) is 0 Å². The molecule has 3 nitrogen and oxygen atoms in total. The highest BCUT2D eigenvalue weighted by Gasteiger charge is 2.12. The van der Waals surface area contributed by atoms with Crippen LogP contribution in [0.1, 0.15) is 28.4 Å². The van der Waals surface area contributed by atoms with Gasteiger partial charge in [-0.15, -0.1) is 0 Å². The van der Waals surface area contributed by atoms with Gasteiger partial charge in [0.2, 0.25) is 5.78 Å². The van der Waals surface area contributed by atoms with E-state index in [2.05, 4.69) is 11.8 Å². The Kier molecular flexibility index (Phi) is 4.70. The molecule has 0 saturated heterocycles. The molecule has 4 heteroatoms. The van der Waals surface area contributed by atoms with Gasteiger partial charge in [-0.25, -0.2) is 4.39 Å². The summed E-state index contributed by atoms with van der Waals surface area (Å²) in [6, 6.07) is 10.5. The number of hydrogen-bond donors (Lipinski definition) is 0. The van der Waals surface area contributed by atoms with Gasteiger partial charge in [-0.1, -0.05) is 18.1 Å². The summed E-state index contributed by atoms with van der Waals surface area (Å²) in [4.78, 5) is 23.3. The van der Waals surface area contributed by atoms with Crippen molar-refractivity contribution in [3.63, 3.8) is 0 Å². The maximum Gasteiger partial charge on any atom is 0.308 e. The molecule has 0 unspecified atom stereocenters. The van der Waals surface area contributed by atoms with Crippen molar-refractivity contribution in [3.05, 3.63) is 65.0 Å². The third-order valence-corrected chi connectivity index (χ3v) is 2.78. The van der Waals surface area contributed by atoms with E-state index < -0.39 is 17.6 Å². The average Bonchev–Trinajstić information content (AvgIpc) is 2.44. The molecule has 0 N–H and O–H groups in total. The third kappa shape index (κ3) is 4.03. The zero-order valence-electron chi connectivity index (χ0n) is 12.1. The molecule has 0 atom stereocenters. The number of benzene rings is 2. The summed E-state index contributed by atoms with van der Waals surface area (Å²) in [5.41, 5.74) is 1.45. The summed E-state index contributed by atoms with van der Waals surface area (Å²) in [5.74, 6) is 3.76. The van der Waals surface area contributed by atoms with Crippen molar-refractivity contribution in [2.75, 3.05) is 0 Å². The van der Waals surface area contributed by atoms with Crippen LogP contribution in [-0.2, 0) is 4.79 Å². The molecule has 110 valence electrons. The van der Waals surface area contributed by atoms with Crippen LogP contribution in [0.2, 0.25) is 0 Å². The summed E-state index contributed by atoms with van der Waals surface area (Å²) < 4.78 is 18.1. The number of Topliss-reactive ketones (excluding diaryl/α,β-unsaturated/α-hetero) is 1. The third-order valence-electron chi connectivity index (χ3n) is 2.78. The largest absolute Gasteiger partial charge is 0.426 e. The van der Waals surface area contributed by atoms with Gasteiger partial charge in [0.25, 0.3) is 0 Å². The number of esters is 1. The molecule has 0 spiro atoms. The minimum atomic E-state index is -0.516. The first kappa shape index (κ1) is 15.5. The van der Waals surface area contributed by atoms with E-state index in [0.717, 1.165) is 5.56 Å². The Morgan fingerprint density at radius 2 is 1.91 bits per heavy atom. The lowest BCUT2D eigenvalue weighted by molar-refractivity contribution is -0.131. The molecule has 0 aliphatic carbocycles. The minimum absolute atomic E-state index is 0.172. The lowest BCUT2D eigenvalue weighted by atomic mass is 10.1. The van der Waals surface area contributed by atoms with E-state index in [4.69, 9.17) is 4.74 Å². The van der Waals surface area contributed by atoms with Crippen LogP contribution >= 0.6 is 0 Å². The van der Waals surface area contributed by atoms with Crippen LogP contribution in [-0.4, -0.2) is 11.8 Å². The average molecular weight is 296 g/mol. The predicted molar refractivity (Wildman–Crippen MR) is 80.1 cm³/mol. The van der Waals surface area contributed by atoms with Crippen molar-refractivity contribution in [2.45, 2.75) is 13.8 Å². The molecule has 0 amide bonds. The molecule has 22 heavy (non-hydrogen) atoms. The molecular formula is C18H13FO3. The van der Waals surface area contributed by atoms with Crippen LogP contribution in [0.5, 0.6) is 5.75 Å². The zero-order valence-corrected chi connectivity index (χ0v) is 12.1. The summed E-state index contributed by atoms with van der Waals surface area (Å²) in [7, 11) is 0. The maximum absolute atomic E-state index is 13.1. The lowest BCUT2D eigenvalue weighted by Crippen LogP contribution is -2.07. The number of carbonyl (C=O) groups excluding carboxylic acids is 2. The second-order valence-electron chi connectivity index (χ2n) is 4.68. The van der Waals surface area contributed by atoms with E-state index >= 15 is 0 Å². The van der Waals surface area contributed by atoms with Gasteiger partial charge < -0.3 is 4.74 Å². The number of ether oxygens (including phenoxy) is 1. The van der Waals surface area contributed by atoms with Crippen molar-refractivity contribution < 1.29 is 18.7 Å². The van der Waals surface area contributed by atoms with Crippen LogP contribution in [0.15, 0.2) is 42.5 Å². The molecule has 0 aromatic heterocycles. The predicted octanol–water partition coefficient (Wildman–Crippen LogP) is 3.29. The fourth-order valence-corrected chi connectivity index (χ4v) is 1.82. The molecule has 0 saturated carbocycles. The number of halogens is 1. The Morgan fingerprint density at radius 1 is 1.14 bits per heavy atom. The van der Waals surface area contributed by atoms with Crippen molar-refractivity contribution in [3.8, 4) is 17.6 Å². The number of aryl methyl sites for hydroxylation is 1. The number of ketones is 1. The molecule has 0 radical (unpaired) electrons. The highest BCUT2D eigenvalue weighted by atomic mass is 19.1. The smallest absolute Gasteiger partial charge is 0.308 e. The molecule has 0 bridgehead atoms. The number of carbonyl (C=O) groups is 2. The van der Waals surface area contributed by atoms with Crippen LogP contribution in [0.3, 0.4) is 0 Å². The molecule has 2 rings (SSSR count). The Labute approximate surface area is 127 Å². The van der Waals surface area contributed by atoms with Crippen LogP contribution in [0, 0.1) is 24.6 Å². The van der Waals surface area contributed by atoms with Crippen LogP contribution < -0.4 is 4.74 Å². The molecule has 0 aliphatic rings. The monoisotopic (exact) mass is 296 g/mol. The van der Waals surface area contributed by atoms with Gasteiger partial charge in [0, 0.05) is 12.5 Å². The molecule has 2 aromatic carbocycles. The van der Waals surface area contributed by atoms with Gasteiger partial charge in [0.15, 0.2) is 0 Å². The van der Waals surface area contributed by atoms with E-state index in [1.807, 2.05) is 6.92 Å². The molecular weight excluding hydrogens is 283 g/mol. The van der Waals surface area contributed by atoms with Crippen molar-refractivity contribution >= 4 is 11.8 Å². The maximum atomic E-state index is 13.1. The van der Waals surface area contributed by atoms with Gasteiger partial charge in [-0.2, -0.15) is 0 Å². The molecule has 0 aliphatic heterocycles. The number of hydrogen-bond acceptors (Lipinski definition) is 3. The quantitative estimate of drug-likeness (QED) is 0.370. The highest BCUT2D eigenvalue weighted by molar-refractivity contribution is 6.11. The van der Waals surface area contributed by atoms with Gasteiger partial charge in [-0.3, -0.25) is 9.59 Å². The first-order valence-corrected chi connectivity index (χ1v) is 6.56. The van der Waals surface area contributed by atoms with Crippen molar-refractivity contribution in [2.24, 2.45) is 0 Å². The SMILES string of the molecule is CC(=O)Oc1cc(C)ccc1C(=O)C#Cc1cccc(F)c1. The second-order valence-corrected chi connectivity index (χ2v) is 4.68. The first-order chi connectivity index (χ1) is 10.5. The van der Waals surface area contributed by atoms with Gasteiger partial charge in [0.1, 0.15) is 11.6 Å². The normalized spacial score (nSPS) is 9.59. The van der Waals surface area contributed by atoms with Gasteiger partial charge in [-0.05, 0) is 48.7 Å². The second kappa shape index (κ2) is 6.68. The minimum Gasteiger partial charge on any atom is -0.426 e. The van der Waals surface area contributed by atoms with E-state index in [9.17, 15) is 14.0 Å². The van der Waals surface area contributed by atoms with Gasteiger partial charge in [0.05, 0.1) is 5.56 Å². The Morgan fingerprint density at radius 3 is 2.59 bits per heavy atom. The van der Waals surface area contributed by atoms with Crippen molar-refractivity contribution in [1.82, 2.24) is 0 Å². The van der Waals surface area contributed by atoms with Crippen molar-refractivity contribution in [1.29, 1.82) is 0 Å². The first-order valence-electron chi connectivity index (χ1n) is 6.56. The van der Waals surface area contributed by atoms with E-state index in [1.165, 1.54) is 25.1 Å². The highest BCUT2D eigenvalue weighted by Crippen LogP contribution is 2.21. The Bertz CT molecular complexity index is 797. The van der Waals surface area contributed by atoms with E-state index in [-0.39, 0.29) is 11.3 Å². The fraction of sp³-hybridized carbons (Fsp3) is 0.111. The molecule has 0 fully saturated rings. The van der Waals surface area contributed by atoms with Gasteiger partial charge >= 0.3 is 5.97 Å². The summed E-state index contributed by atoms with van der Waals surface area (Å²) in [6.07, 6.45) is 0. The van der Waals surface area contributed by atoms with Crippen LogP contribution in [0.4, 0.5) is 4.39 Å². The molecule has 2 aromatic rings. The topological polar surface area (TPSA) is 43.4 Å². The summed E-state index contributed by atoms with van der Waals surface area (Å²) in [5, 5.41) is 0. The number of rotatable bonds is 2. The Balaban J connectivity index is 2.32. The summed E-state index contributed by atoms with van der Waals surface area (Å²) in [6.45, 7) is 3.08. The standard InChI is InChI=1S/C18H13FO3/c1-12-6-8-16(18(10-12)22-13(2)20)17(21)9-7-14-4-3-5-15(19)11-14/h3-6,8,10-11H,1-2H3. The zero-order chi connectivity index (χ0) is 16.1.